The van der Waals surface area contributed by atoms with Crippen molar-refractivity contribution < 1.29 is 0 Å². The van der Waals surface area contributed by atoms with Gasteiger partial charge in [-0.05, 0) is 13.3 Å². The predicted molar refractivity (Wildman–Crippen MR) is 67.7 cm³/mol. The van der Waals surface area contributed by atoms with Crippen molar-refractivity contribution in [3.63, 3.8) is 0 Å². The zero-order valence-corrected chi connectivity index (χ0v) is 10.4. The molecular formula is C12H19N5. The fourth-order valence-corrected chi connectivity index (χ4v) is 1.68. The first-order valence-electron chi connectivity index (χ1n) is 6.09. The minimum absolute atomic E-state index is 0.790. The van der Waals surface area contributed by atoms with Gasteiger partial charge in [0.05, 0.1) is 18.1 Å². The fraction of sp³-hybridized carbons (Fsp3) is 0.500. The molecule has 2 rings (SSSR count). The Morgan fingerprint density at radius 1 is 1.12 bits per heavy atom. The van der Waals surface area contributed by atoms with Crippen LogP contribution in [0.2, 0.25) is 0 Å². The second-order valence-corrected chi connectivity index (χ2v) is 4.05. The lowest BCUT2D eigenvalue weighted by molar-refractivity contribution is 0.603. The van der Waals surface area contributed by atoms with Gasteiger partial charge in [0, 0.05) is 37.6 Å². The lowest BCUT2D eigenvalue weighted by atomic mass is 10.3. The van der Waals surface area contributed by atoms with E-state index >= 15 is 0 Å². The van der Waals surface area contributed by atoms with Crippen molar-refractivity contribution >= 4 is 5.69 Å². The monoisotopic (exact) mass is 233 g/mol. The Bertz CT molecular complexity index is 457. The molecule has 2 aromatic heterocycles. The molecular weight excluding hydrogens is 214 g/mol. The molecule has 0 aliphatic carbocycles. The van der Waals surface area contributed by atoms with Gasteiger partial charge in [-0.1, -0.05) is 6.92 Å². The molecule has 0 aliphatic heterocycles. The minimum Gasteiger partial charge on any atom is -0.378 e. The van der Waals surface area contributed by atoms with E-state index in [1.165, 1.54) is 5.56 Å². The number of nitrogens with one attached hydrogen (secondary N) is 1. The van der Waals surface area contributed by atoms with Crippen LogP contribution in [0.3, 0.4) is 0 Å². The first-order valence-corrected chi connectivity index (χ1v) is 6.09. The van der Waals surface area contributed by atoms with Crippen LogP contribution in [0.15, 0.2) is 24.8 Å². The van der Waals surface area contributed by atoms with Crippen molar-refractivity contribution in [3.8, 4) is 0 Å². The summed E-state index contributed by atoms with van der Waals surface area (Å²) in [6.07, 6.45) is 8.95. The van der Waals surface area contributed by atoms with Gasteiger partial charge < -0.3 is 5.32 Å². The lowest BCUT2D eigenvalue weighted by Gasteiger charge is -2.00. The van der Waals surface area contributed by atoms with Gasteiger partial charge in [0.25, 0.3) is 0 Å². The maximum Gasteiger partial charge on any atom is 0.0729 e. The van der Waals surface area contributed by atoms with Gasteiger partial charge in [-0.2, -0.15) is 10.2 Å². The highest BCUT2D eigenvalue weighted by Gasteiger charge is 1.99. The molecule has 5 nitrogen and oxygen atoms in total. The van der Waals surface area contributed by atoms with E-state index in [4.69, 9.17) is 0 Å². The number of hydrogen-bond donors (Lipinski definition) is 1. The Balaban J connectivity index is 1.88. The summed E-state index contributed by atoms with van der Waals surface area (Å²) in [5.41, 5.74) is 2.25. The summed E-state index contributed by atoms with van der Waals surface area (Å²) in [5.74, 6) is 0. The van der Waals surface area contributed by atoms with Crippen molar-refractivity contribution in [3.05, 3.63) is 30.4 Å². The SMILES string of the molecule is CCCn1cc(NCc2cnn(CC)c2)cn1. The van der Waals surface area contributed by atoms with Crippen LogP contribution in [0.1, 0.15) is 25.8 Å². The summed E-state index contributed by atoms with van der Waals surface area (Å²) in [6, 6.07) is 0. The fourth-order valence-electron chi connectivity index (χ4n) is 1.68. The van der Waals surface area contributed by atoms with Crippen molar-refractivity contribution in [2.75, 3.05) is 5.32 Å². The average Bonchev–Trinajstić information content (AvgIpc) is 2.95. The van der Waals surface area contributed by atoms with E-state index in [9.17, 15) is 0 Å². The van der Waals surface area contributed by atoms with E-state index in [-0.39, 0.29) is 0 Å². The Morgan fingerprint density at radius 2 is 1.94 bits per heavy atom. The summed E-state index contributed by atoms with van der Waals surface area (Å²) in [7, 11) is 0. The third kappa shape index (κ3) is 3.09. The summed E-state index contributed by atoms with van der Waals surface area (Å²) in [4.78, 5) is 0. The number of hydrogen-bond acceptors (Lipinski definition) is 3. The van der Waals surface area contributed by atoms with Crippen LogP contribution in [-0.2, 0) is 19.6 Å². The molecule has 0 fully saturated rings. The number of anilines is 1. The molecule has 17 heavy (non-hydrogen) atoms. The van der Waals surface area contributed by atoms with Gasteiger partial charge in [0.1, 0.15) is 0 Å². The third-order valence-corrected chi connectivity index (χ3v) is 2.59. The van der Waals surface area contributed by atoms with Crippen molar-refractivity contribution in [2.45, 2.75) is 39.9 Å². The Kier molecular flexibility index (Phi) is 3.80. The number of aryl methyl sites for hydroxylation is 2. The number of nitrogens with zero attached hydrogens (tertiary/aromatic N) is 4. The maximum atomic E-state index is 4.27. The maximum absolute atomic E-state index is 4.27. The van der Waals surface area contributed by atoms with E-state index in [0.29, 0.717) is 0 Å². The van der Waals surface area contributed by atoms with Gasteiger partial charge >= 0.3 is 0 Å². The van der Waals surface area contributed by atoms with Crippen molar-refractivity contribution in [1.82, 2.24) is 19.6 Å². The molecule has 0 amide bonds. The van der Waals surface area contributed by atoms with Crippen LogP contribution in [0, 0.1) is 0 Å². The molecule has 0 aliphatic rings. The largest absolute Gasteiger partial charge is 0.378 e. The summed E-state index contributed by atoms with van der Waals surface area (Å²) >= 11 is 0. The molecule has 1 N–H and O–H groups in total. The smallest absolute Gasteiger partial charge is 0.0729 e. The van der Waals surface area contributed by atoms with E-state index in [1.54, 1.807) is 0 Å². The lowest BCUT2D eigenvalue weighted by Crippen LogP contribution is -1.98. The van der Waals surface area contributed by atoms with Crippen LogP contribution in [0.4, 0.5) is 5.69 Å². The first-order chi connectivity index (χ1) is 8.31. The van der Waals surface area contributed by atoms with Crippen molar-refractivity contribution in [1.29, 1.82) is 0 Å². The summed E-state index contributed by atoms with van der Waals surface area (Å²) < 4.78 is 3.88. The summed E-state index contributed by atoms with van der Waals surface area (Å²) in [6.45, 7) is 6.90. The van der Waals surface area contributed by atoms with E-state index in [0.717, 1.165) is 31.7 Å². The molecule has 0 saturated carbocycles. The van der Waals surface area contributed by atoms with Crippen LogP contribution >= 0.6 is 0 Å². The molecule has 2 aromatic rings. The summed E-state index contributed by atoms with van der Waals surface area (Å²) in [5, 5.41) is 11.9. The van der Waals surface area contributed by atoms with E-state index < -0.39 is 0 Å². The van der Waals surface area contributed by atoms with Crippen molar-refractivity contribution in [2.24, 2.45) is 0 Å². The molecule has 0 radical (unpaired) electrons. The van der Waals surface area contributed by atoms with Gasteiger partial charge in [0.2, 0.25) is 0 Å². The van der Waals surface area contributed by atoms with E-state index in [2.05, 4.69) is 35.6 Å². The average molecular weight is 233 g/mol. The second-order valence-electron chi connectivity index (χ2n) is 4.05. The predicted octanol–water partition coefficient (Wildman–Crippen LogP) is 2.12. The van der Waals surface area contributed by atoms with E-state index in [1.807, 2.05) is 28.0 Å². The highest BCUT2D eigenvalue weighted by molar-refractivity contribution is 5.38. The highest BCUT2D eigenvalue weighted by atomic mass is 15.3. The molecule has 92 valence electrons. The first kappa shape index (κ1) is 11.7. The zero-order valence-electron chi connectivity index (χ0n) is 10.4. The molecule has 0 spiro atoms. The van der Waals surface area contributed by atoms with Gasteiger partial charge in [-0.25, -0.2) is 0 Å². The molecule has 0 unspecified atom stereocenters. The normalized spacial score (nSPS) is 10.7. The second kappa shape index (κ2) is 5.52. The Morgan fingerprint density at radius 3 is 2.65 bits per heavy atom. The van der Waals surface area contributed by atoms with Gasteiger partial charge in [-0.3, -0.25) is 9.36 Å². The van der Waals surface area contributed by atoms with Crippen LogP contribution in [0.5, 0.6) is 0 Å². The minimum atomic E-state index is 0.790. The number of rotatable bonds is 6. The van der Waals surface area contributed by atoms with Crippen LogP contribution in [-0.4, -0.2) is 19.6 Å². The molecule has 5 heteroatoms. The quantitative estimate of drug-likeness (QED) is 0.831. The van der Waals surface area contributed by atoms with Gasteiger partial charge in [0.15, 0.2) is 0 Å². The van der Waals surface area contributed by atoms with Crippen LogP contribution in [0.25, 0.3) is 0 Å². The standard InChI is InChI=1S/C12H19N5/c1-3-5-17-10-12(8-15-17)13-6-11-7-14-16(4-2)9-11/h7-10,13H,3-6H2,1-2H3. The molecule has 0 aromatic carbocycles. The molecule has 0 saturated heterocycles. The number of aromatic nitrogens is 4. The zero-order chi connectivity index (χ0) is 12.1. The van der Waals surface area contributed by atoms with Gasteiger partial charge in [-0.15, -0.1) is 0 Å². The molecule has 2 heterocycles. The topological polar surface area (TPSA) is 47.7 Å². The Labute approximate surface area is 101 Å². The molecule has 0 atom stereocenters. The third-order valence-electron chi connectivity index (χ3n) is 2.59. The Hall–Kier alpha value is -1.78. The van der Waals surface area contributed by atoms with Crippen LogP contribution < -0.4 is 5.32 Å². The highest BCUT2D eigenvalue weighted by Crippen LogP contribution is 2.08. The molecule has 0 bridgehead atoms.